The standard InChI is InChI=1S/C20H25N3O3/c1-13-8-20(26)23(22-14(13)2)12-19(25)21-18(16-10-17(24)11-16)9-15-6-4-3-5-7-15/h3-8,16-18,24H,9-12H2,1-2H3,(H,21,25)/t16?,17?,18-/m0/s1. The molecule has 1 saturated carbocycles. The third-order valence-electron chi connectivity index (χ3n) is 5.09. The minimum absolute atomic E-state index is 0.0597. The number of aromatic nitrogens is 2. The number of carbonyl (C=O) groups excluding carboxylic acids is 1. The third kappa shape index (κ3) is 4.38. The number of aliphatic hydroxyl groups is 1. The lowest BCUT2D eigenvalue weighted by Crippen LogP contribution is -2.49. The van der Waals surface area contributed by atoms with E-state index in [1.807, 2.05) is 44.2 Å². The maximum atomic E-state index is 12.5. The number of aliphatic hydroxyl groups excluding tert-OH is 1. The van der Waals surface area contributed by atoms with Gasteiger partial charge in [0.05, 0.1) is 11.8 Å². The van der Waals surface area contributed by atoms with Gasteiger partial charge in [-0.1, -0.05) is 30.3 Å². The average molecular weight is 355 g/mol. The van der Waals surface area contributed by atoms with Gasteiger partial charge < -0.3 is 10.4 Å². The number of hydrogen-bond acceptors (Lipinski definition) is 4. The van der Waals surface area contributed by atoms with Crippen LogP contribution < -0.4 is 10.9 Å². The molecule has 0 unspecified atom stereocenters. The molecule has 0 spiro atoms. The van der Waals surface area contributed by atoms with Gasteiger partial charge in [0.25, 0.3) is 5.56 Å². The first-order chi connectivity index (χ1) is 12.4. The van der Waals surface area contributed by atoms with Crippen molar-refractivity contribution in [2.75, 3.05) is 0 Å². The molecular weight excluding hydrogens is 330 g/mol. The van der Waals surface area contributed by atoms with Gasteiger partial charge in [0.2, 0.25) is 5.91 Å². The molecule has 138 valence electrons. The van der Waals surface area contributed by atoms with Gasteiger partial charge in [-0.15, -0.1) is 0 Å². The highest BCUT2D eigenvalue weighted by molar-refractivity contribution is 5.76. The lowest BCUT2D eigenvalue weighted by atomic mass is 9.75. The van der Waals surface area contributed by atoms with Crippen molar-refractivity contribution in [3.63, 3.8) is 0 Å². The number of amides is 1. The molecule has 1 aliphatic carbocycles. The van der Waals surface area contributed by atoms with E-state index in [0.29, 0.717) is 19.3 Å². The van der Waals surface area contributed by atoms with E-state index in [1.54, 1.807) is 0 Å². The fourth-order valence-corrected chi connectivity index (χ4v) is 3.34. The second kappa shape index (κ2) is 7.83. The Bertz CT molecular complexity index is 826. The highest BCUT2D eigenvalue weighted by Crippen LogP contribution is 2.31. The highest BCUT2D eigenvalue weighted by atomic mass is 16.3. The summed E-state index contributed by atoms with van der Waals surface area (Å²) in [5.74, 6) is 0.0174. The van der Waals surface area contributed by atoms with Gasteiger partial charge in [0, 0.05) is 12.1 Å². The quantitative estimate of drug-likeness (QED) is 0.819. The number of nitrogens with one attached hydrogen (secondary N) is 1. The van der Waals surface area contributed by atoms with Crippen LogP contribution in [-0.2, 0) is 17.8 Å². The van der Waals surface area contributed by atoms with Crippen LogP contribution in [0.25, 0.3) is 0 Å². The van der Waals surface area contributed by atoms with Gasteiger partial charge in [0.1, 0.15) is 6.54 Å². The summed E-state index contributed by atoms with van der Waals surface area (Å²) >= 11 is 0. The largest absolute Gasteiger partial charge is 0.393 e. The highest BCUT2D eigenvalue weighted by Gasteiger charge is 2.34. The van der Waals surface area contributed by atoms with Crippen molar-refractivity contribution < 1.29 is 9.90 Å². The smallest absolute Gasteiger partial charge is 0.267 e. The molecule has 0 saturated heterocycles. The monoisotopic (exact) mass is 355 g/mol. The van der Waals surface area contributed by atoms with Crippen LogP contribution >= 0.6 is 0 Å². The minimum atomic E-state index is -0.279. The molecule has 1 atom stereocenters. The lowest BCUT2D eigenvalue weighted by Gasteiger charge is -2.38. The Labute approximate surface area is 152 Å². The Morgan fingerprint density at radius 3 is 2.65 bits per heavy atom. The van der Waals surface area contributed by atoms with Crippen LogP contribution in [-0.4, -0.2) is 32.9 Å². The zero-order chi connectivity index (χ0) is 18.7. The summed E-state index contributed by atoms with van der Waals surface area (Å²) in [6, 6.07) is 11.4. The van der Waals surface area contributed by atoms with Crippen LogP contribution in [0.4, 0.5) is 0 Å². The summed E-state index contributed by atoms with van der Waals surface area (Å²) in [7, 11) is 0. The first-order valence-corrected chi connectivity index (χ1v) is 8.99. The van der Waals surface area contributed by atoms with E-state index in [1.165, 1.54) is 10.7 Å². The van der Waals surface area contributed by atoms with Gasteiger partial charge in [-0.25, -0.2) is 4.68 Å². The number of benzene rings is 1. The fourth-order valence-electron chi connectivity index (χ4n) is 3.34. The molecule has 2 aromatic rings. The van der Waals surface area contributed by atoms with Crippen molar-refractivity contribution in [2.45, 2.75) is 51.8 Å². The molecule has 2 N–H and O–H groups in total. The minimum Gasteiger partial charge on any atom is -0.393 e. The summed E-state index contributed by atoms with van der Waals surface area (Å²) in [6.45, 7) is 3.55. The Kier molecular flexibility index (Phi) is 5.52. The second-order valence-corrected chi connectivity index (χ2v) is 7.16. The normalized spacial score (nSPS) is 20.3. The molecule has 6 nitrogen and oxygen atoms in total. The van der Waals surface area contributed by atoms with Crippen molar-refractivity contribution >= 4 is 5.91 Å². The second-order valence-electron chi connectivity index (χ2n) is 7.16. The number of aryl methyl sites for hydroxylation is 2. The number of carbonyl (C=O) groups is 1. The summed E-state index contributed by atoms with van der Waals surface area (Å²) < 4.78 is 1.20. The fraction of sp³-hybridized carbons (Fsp3) is 0.450. The predicted molar refractivity (Wildman–Crippen MR) is 98.8 cm³/mol. The summed E-state index contributed by atoms with van der Waals surface area (Å²) in [5, 5.41) is 16.9. The van der Waals surface area contributed by atoms with Gasteiger partial charge >= 0.3 is 0 Å². The van der Waals surface area contributed by atoms with Gasteiger partial charge in [-0.2, -0.15) is 5.10 Å². The maximum Gasteiger partial charge on any atom is 0.267 e. The van der Waals surface area contributed by atoms with Crippen molar-refractivity contribution in [2.24, 2.45) is 5.92 Å². The maximum absolute atomic E-state index is 12.5. The number of hydrogen-bond donors (Lipinski definition) is 2. The number of nitrogens with zero attached hydrogens (tertiary/aromatic N) is 2. The molecule has 1 fully saturated rings. The number of rotatable bonds is 6. The summed E-state index contributed by atoms with van der Waals surface area (Å²) in [4.78, 5) is 24.6. The van der Waals surface area contributed by atoms with E-state index in [4.69, 9.17) is 0 Å². The van der Waals surface area contributed by atoms with Crippen molar-refractivity contribution in [1.82, 2.24) is 15.1 Å². The molecule has 1 amide bonds. The van der Waals surface area contributed by atoms with Crippen LogP contribution in [0.15, 0.2) is 41.2 Å². The first kappa shape index (κ1) is 18.3. The molecule has 0 radical (unpaired) electrons. The van der Waals surface area contributed by atoms with Gasteiger partial charge in [0.15, 0.2) is 0 Å². The van der Waals surface area contributed by atoms with E-state index in [2.05, 4.69) is 10.4 Å². The zero-order valence-corrected chi connectivity index (χ0v) is 15.2. The molecule has 0 aliphatic heterocycles. The van der Waals surface area contributed by atoms with Gasteiger partial charge in [-0.3, -0.25) is 9.59 Å². The van der Waals surface area contributed by atoms with Crippen molar-refractivity contribution in [3.05, 3.63) is 63.6 Å². The van der Waals surface area contributed by atoms with Gasteiger partial charge in [-0.05, 0) is 50.2 Å². The molecule has 1 aromatic heterocycles. The topological polar surface area (TPSA) is 84.2 Å². The SMILES string of the molecule is Cc1cc(=O)n(CC(=O)N[C@@H](Cc2ccccc2)C2CC(O)C2)nc1C. The van der Waals surface area contributed by atoms with E-state index < -0.39 is 0 Å². The molecule has 6 heteroatoms. The Hall–Kier alpha value is -2.47. The average Bonchev–Trinajstić information content (AvgIpc) is 2.57. The molecule has 3 rings (SSSR count). The van der Waals surface area contributed by atoms with E-state index in [-0.39, 0.29) is 36.1 Å². The van der Waals surface area contributed by atoms with Crippen LogP contribution in [0, 0.1) is 19.8 Å². The summed E-state index contributed by atoms with van der Waals surface area (Å²) in [6.07, 6.45) is 1.82. The molecule has 1 aliphatic rings. The molecular formula is C20H25N3O3. The van der Waals surface area contributed by atoms with Crippen LogP contribution in [0.5, 0.6) is 0 Å². The van der Waals surface area contributed by atoms with Crippen molar-refractivity contribution in [1.29, 1.82) is 0 Å². The third-order valence-corrected chi connectivity index (χ3v) is 5.09. The molecule has 1 heterocycles. The summed E-state index contributed by atoms with van der Waals surface area (Å²) in [5.41, 5.74) is 2.42. The predicted octanol–water partition coefficient (Wildman–Crippen LogP) is 1.36. The lowest BCUT2D eigenvalue weighted by molar-refractivity contribution is -0.123. The molecule has 0 bridgehead atoms. The van der Waals surface area contributed by atoms with Crippen LogP contribution in [0.3, 0.4) is 0 Å². The van der Waals surface area contributed by atoms with Crippen LogP contribution in [0.2, 0.25) is 0 Å². The first-order valence-electron chi connectivity index (χ1n) is 8.99. The van der Waals surface area contributed by atoms with E-state index in [0.717, 1.165) is 16.8 Å². The zero-order valence-electron chi connectivity index (χ0n) is 15.2. The molecule has 1 aromatic carbocycles. The Balaban J connectivity index is 1.69. The Morgan fingerprint density at radius 1 is 1.31 bits per heavy atom. The van der Waals surface area contributed by atoms with Crippen LogP contribution in [0.1, 0.15) is 29.7 Å². The molecule has 26 heavy (non-hydrogen) atoms. The van der Waals surface area contributed by atoms with E-state index >= 15 is 0 Å². The Morgan fingerprint density at radius 2 is 2.00 bits per heavy atom. The van der Waals surface area contributed by atoms with Crippen molar-refractivity contribution in [3.8, 4) is 0 Å². The van der Waals surface area contributed by atoms with E-state index in [9.17, 15) is 14.7 Å².